The summed E-state index contributed by atoms with van der Waals surface area (Å²) in [7, 11) is -1.57. The molecule has 1 aliphatic rings. The normalized spacial score (nSPS) is 22.1. The van der Waals surface area contributed by atoms with Gasteiger partial charge in [0.25, 0.3) is 0 Å². The Balaban J connectivity index is 2.40. The zero-order chi connectivity index (χ0) is 15.2. The molecule has 0 aromatic carbocycles. The van der Waals surface area contributed by atoms with Crippen molar-refractivity contribution in [3.05, 3.63) is 0 Å². The standard InChI is InChI=1S/C11H20N2O6S/c1-19-5-2-3-9(10(14)15)13-11(16)12-8-4-6-20(17,18)7-8/h8-9H,2-7H2,1H3,(H,14,15)(H2,12,13,16). The summed E-state index contributed by atoms with van der Waals surface area (Å²) in [5.41, 5.74) is 0. The Morgan fingerprint density at radius 2 is 2.15 bits per heavy atom. The minimum absolute atomic E-state index is 0.0497. The Kier molecular flexibility index (Phi) is 6.21. The smallest absolute Gasteiger partial charge is 0.326 e. The fraction of sp³-hybridized carbons (Fsp3) is 0.818. The van der Waals surface area contributed by atoms with Crippen LogP contribution in [0.4, 0.5) is 4.79 Å². The molecule has 2 atom stereocenters. The molecule has 0 aromatic heterocycles. The lowest BCUT2D eigenvalue weighted by Crippen LogP contribution is -2.49. The van der Waals surface area contributed by atoms with E-state index in [4.69, 9.17) is 9.84 Å². The van der Waals surface area contributed by atoms with Gasteiger partial charge >= 0.3 is 12.0 Å². The summed E-state index contributed by atoms with van der Waals surface area (Å²) in [6, 6.07) is -2.12. The zero-order valence-electron chi connectivity index (χ0n) is 11.3. The minimum Gasteiger partial charge on any atom is -0.480 e. The van der Waals surface area contributed by atoms with Gasteiger partial charge in [-0.05, 0) is 19.3 Å². The van der Waals surface area contributed by atoms with Gasteiger partial charge in [0, 0.05) is 19.8 Å². The second-order valence-corrected chi connectivity index (χ2v) is 6.97. The van der Waals surface area contributed by atoms with Crippen LogP contribution in [0.1, 0.15) is 19.3 Å². The van der Waals surface area contributed by atoms with E-state index < -0.39 is 33.9 Å². The Morgan fingerprint density at radius 3 is 2.65 bits per heavy atom. The molecule has 1 saturated heterocycles. The van der Waals surface area contributed by atoms with Crippen LogP contribution in [-0.4, -0.2) is 62.8 Å². The lowest BCUT2D eigenvalue weighted by molar-refractivity contribution is -0.139. The fourth-order valence-corrected chi connectivity index (χ4v) is 3.66. The molecule has 0 radical (unpaired) electrons. The van der Waals surface area contributed by atoms with Crippen molar-refractivity contribution in [2.75, 3.05) is 25.2 Å². The predicted octanol–water partition coefficient (Wildman–Crippen LogP) is -0.647. The summed E-state index contributed by atoms with van der Waals surface area (Å²) < 4.78 is 27.3. The van der Waals surface area contributed by atoms with E-state index in [0.717, 1.165) is 0 Å². The topological polar surface area (TPSA) is 122 Å². The number of hydrogen-bond acceptors (Lipinski definition) is 5. The van der Waals surface area contributed by atoms with E-state index in [-0.39, 0.29) is 17.9 Å². The lowest BCUT2D eigenvalue weighted by Gasteiger charge is -2.17. The number of carboxylic acids is 1. The summed E-state index contributed by atoms with van der Waals surface area (Å²) in [5, 5.41) is 13.8. The predicted molar refractivity (Wildman–Crippen MR) is 71.3 cm³/mol. The Bertz CT molecular complexity index is 450. The number of rotatable bonds is 7. The second kappa shape index (κ2) is 7.44. The summed E-state index contributed by atoms with van der Waals surface area (Å²) >= 11 is 0. The maximum Gasteiger partial charge on any atom is 0.326 e. The number of amides is 2. The van der Waals surface area contributed by atoms with Crippen molar-refractivity contribution >= 4 is 21.8 Å². The molecule has 0 saturated carbocycles. The van der Waals surface area contributed by atoms with Gasteiger partial charge in [-0.2, -0.15) is 0 Å². The van der Waals surface area contributed by atoms with E-state index in [1.165, 1.54) is 7.11 Å². The SMILES string of the molecule is COCCCC(NC(=O)NC1CCS(=O)(=O)C1)C(=O)O. The number of nitrogens with one attached hydrogen (secondary N) is 2. The van der Waals surface area contributed by atoms with Gasteiger partial charge in [0.1, 0.15) is 6.04 Å². The van der Waals surface area contributed by atoms with Crippen LogP contribution < -0.4 is 10.6 Å². The quantitative estimate of drug-likeness (QED) is 0.537. The van der Waals surface area contributed by atoms with Crippen LogP contribution in [0.5, 0.6) is 0 Å². The molecule has 0 bridgehead atoms. The molecule has 2 amide bonds. The van der Waals surface area contributed by atoms with Crippen LogP contribution in [-0.2, 0) is 19.4 Å². The summed E-state index contributed by atoms with van der Waals surface area (Å²) in [6.07, 6.45) is 1.11. The maximum absolute atomic E-state index is 11.6. The van der Waals surface area contributed by atoms with E-state index in [9.17, 15) is 18.0 Å². The summed E-state index contributed by atoms with van der Waals surface area (Å²) in [5.74, 6) is -1.18. The van der Waals surface area contributed by atoms with Crippen molar-refractivity contribution in [1.82, 2.24) is 10.6 Å². The first-order valence-corrected chi connectivity index (χ1v) is 8.15. The van der Waals surface area contributed by atoms with Crippen LogP contribution in [0.15, 0.2) is 0 Å². The number of ether oxygens (including phenoxy) is 1. The molecule has 0 aromatic rings. The number of carboxylic acid groups (broad SMARTS) is 1. The number of aliphatic carboxylic acids is 1. The average molecular weight is 308 g/mol. The van der Waals surface area contributed by atoms with Crippen molar-refractivity contribution in [3.63, 3.8) is 0 Å². The fourth-order valence-electron chi connectivity index (χ4n) is 1.98. The van der Waals surface area contributed by atoms with Gasteiger partial charge in [-0.15, -0.1) is 0 Å². The van der Waals surface area contributed by atoms with Crippen molar-refractivity contribution in [2.45, 2.75) is 31.3 Å². The van der Waals surface area contributed by atoms with Crippen LogP contribution in [0.3, 0.4) is 0 Å². The van der Waals surface area contributed by atoms with Gasteiger partial charge in [-0.25, -0.2) is 18.0 Å². The molecule has 0 spiro atoms. The highest BCUT2D eigenvalue weighted by atomic mass is 32.2. The molecule has 1 fully saturated rings. The van der Waals surface area contributed by atoms with Gasteiger partial charge in [0.2, 0.25) is 0 Å². The van der Waals surface area contributed by atoms with Gasteiger partial charge in [0.05, 0.1) is 11.5 Å². The molecule has 0 aliphatic carbocycles. The van der Waals surface area contributed by atoms with Gasteiger partial charge < -0.3 is 20.5 Å². The maximum atomic E-state index is 11.6. The van der Waals surface area contributed by atoms with E-state index in [0.29, 0.717) is 19.4 Å². The van der Waals surface area contributed by atoms with Crippen LogP contribution >= 0.6 is 0 Å². The molecule has 1 rings (SSSR count). The number of carbonyl (C=O) groups is 2. The third kappa shape index (κ3) is 5.74. The van der Waals surface area contributed by atoms with Crippen molar-refractivity contribution in [3.8, 4) is 0 Å². The Hall–Kier alpha value is -1.35. The van der Waals surface area contributed by atoms with Crippen LogP contribution in [0.25, 0.3) is 0 Å². The highest BCUT2D eigenvalue weighted by Crippen LogP contribution is 2.11. The van der Waals surface area contributed by atoms with Gasteiger partial charge in [-0.1, -0.05) is 0 Å². The number of methoxy groups -OCH3 is 1. The molecule has 8 nitrogen and oxygen atoms in total. The van der Waals surface area contributed by atoms with Crippen molar-refractivity contribution in [1.29, 1.82) is 0 Å². The molecule has 2 unspecified atom stereocenters. The van der Waals surface area contributed by atoms with Crippen LogP contribution in [0.2, 0.25) is 0 Å². The highest BCUT2D eigenvalue weighted by Gasteiger charge is 2.29. The van der Waals surface area contributed by atoms with Crippen LogP contribution in [0, 0.1) is 0 Å². The molecule has 3 N–H and O–H groups in total. The van der Waals surface area contributed by atoms with E-state index in [1.807, 2.05) is 0 Å². The molecule has 9 heteroatoms. The Labute approximate surface area is 117 Å². The van der Waals surface area contributed by atoms with Gasteiger partial charge in [0.15, 0.2) is 9.84 Å². The molecular weight excluding hydrogens is 288 g/mol. The third-order valence-electron chi connectivity index (χ3n) is 3.01. The minimum atomic E-state index is -3.08. The summed E-state index contributed by atoms with van der Waals surface area (Å²) in [6.45, 7) is 0.411. The van der Waals surface area contributed by atoms with E-state index in [2.05, 4.69) is 10.6 Å². The molecular formula is C11H20N2O6S. The summed E-state index contributed by atoms with van der Waals surface area (Å²) in [4.78, 5) is 22.6. The first-order chi connectivity index (χ1) is 9.34. The monoisotopic (exact) mass is 308 g/mol. The number of sulfone groups is 1. The zero-order valence-corrected chi connectivity index (χ0v) is 12.1. The van der Waals surface area contributed by atoms with Gasteiger partial charge in [-0.3, -0.25) is 0 Å². The third-order valence-corrected chi connectivity index (χ3v) is 4.78. The number of carbonyl (C=O) groups excluding carboxylic acids is 1. The average Bonchev–Trinajstić information content (AvgIpc) is 2.67. The first-order valence-electron chi connectivity index (χ1n) is 6.33. The van der Waals surface area contributed by atoms with Crippen molar-refractivity contribution in [2.24, 2.45) is 0 Å². The largest absolute Gasteiger partial charge is 0.480 e. The molecule has 1 heterocycles. The molecule has 1 aliphatic heterocycles. The van der Waals surface area contributed by atoms with E-state index in [1.54, 1.807) is 0 Å². The number of hydrogen-bond donors (Lipinski definition) is 3. The van der Waals surface area contributed by atoms with Crippen molar-refractivity contribution < 1.29 is 27.9 Å². The molecule has 116 valence electrons. The Morgan fingerprint density at radius 1 is 1.45 bits per heavy atom. The highest BCUT2D eigenvalue weighted by molar-refractivity contribution is 7.91. The second-order valence-electron chi connectivity index (χ2n) is 4.74. The lowest BCUT2D eigenvalue weighted by atomic mass is 10.1. The number of urea groups is 1. The first kappa shape index (κ1) is 16.7. The molecule has 20 heavy (non-hydrogen) atoms. The van der Waals surface area contributed by atoms with E-state index >= 15 is 0 Å².